The molecule has 1 nitrogen and oxygen atoms in total. The maximum absolute atomic E-state index is 11.4. The van der Waals surface area contributed by atoms with E-state index in [2.05, 4.69) is 15.9 Å². The highest BCUT2D eigenvalue weighted by atomic mass is 79.9. The van der Waals surface area contributed by atoms with E-state index in [0.29, 0.717) is 22.3 Å². The van der Waals surface area contributed by atoms with E-state index in [1.54, 1.807) is 6.07 Å². The highest BCUT2D eigenvalue weighted by molar-refractivity contribution is 9.09. The molecule has 3 heteroatoms. The first-order valence-electron chi connectivity index (χ1n) is 4.00. The van der Waals surface area contributed by atoms with Gasteiger partial charge in [-0.3, -0.25) is 4.79 Å². The van der Waals surface area contributed by atoms with E-state index in [4.69, 9.17) is 11.6 Å². The molecule has 0 aliphatic heterocycles. The standard InChI is InChI=1S/C10H10BrClO/c1-7-2-3-8(6-9(7)12)10(13)4-5-11/h2-3,6H,4-5H2,1H3. The highest BCUT2D eigenvalue weighted by Gasteiger charge is 2.05. The van der Waals surface area contributed by atoms with Gasteiger partial charge >= 0.3 is 0 Å². The molecule has 0 heterocycles. The second kappa shape index (κ2) is 4.77. The lowest BCUT2D eigenvalue weighted by atomic mass is 10.1. The molecule has 0 saturated carbocycles. The molecule has 0 spiro atoms. The Balaban J connectivity index is 2.90. The number of hydrogen-bond acceptors (Lipinski definition) is 1. The average molecular weight is 262 g/mol. The van der Waals surface area contributed by atoms with Crippen molar-refractivity contribution in [1.29, 1.82) is 0 Å². The van der Waals surface area contributed by atoms with Crippen molar-refractivity contribution >= 4 is 33.3 Å². The smallest absolute Gasteiger partial charge is 0.163 e. The first-order valence-corrected chi connectivity index (χ1v) is 5.50. The van der Waals surface area contributed by atoms with E-state index in [9.17, 15) is 4.79 Å². The highest BCUT2D eigenvalue weighted by Crippen LogP contribution is 2.17. The zero-order valence-electron chi connectivity index (χ0n) is 7.31. The summed E-state index contributed by atoms with van der Waals surface area (Å²) in [6.07, 6.45) is 0.513. The minimum atomic E-state index is 0.124. The van der Waals surface area contributed by atoms with E-state index in [1.165, 1.54) is 0 Å². The molecule has 0 bridgehead atoms. The zero-order chi connectivity index (χ0) is 9.84. The maximum atomic E-state index is 11.4. The van der Waals surface area contributed by atoms with Crippen LogP contribution in [-0.2, 0) is 0 Å². The van der Waals surface area contributed by atoms with E-state index < -0.39 is 0 Å². The monoisotopic (exact) mass is 260 g/mol. The first kappa shape index (κ1) is 10.7. The molecule has 0 aromatic heterocycles. The first-order chi connectivity index (χ1) is 6.15. The van der Waals surface area contributed by atoms with Crippen LogP contribution in [0, 0.1) is 6.92 Å². The van der Waals surface area contributed by atoms with Gasteiger partial charge in [-0.05, 0) is 18.6 Å². The van der Waals surface area contributed by atoms with Crippen molar-refractivity contribution < 1.29 is 4.79 Å². The van der Waals surface area contributed by atoms with Crippen LogP contribution in [0.4, 0.5) is 0 Å². The fourth-order valence-corrected chi connectivity index (χ4v) is 1.54. The van der Waals surface area contributed by atoms with Gasteiger partial charge in [-0.15, -0.1) is 0 Å². The number of carbonyl (C=O) groups is 1. The van der Waals surface area contributed by atoms with Crippen LogP contribution in [0.15, 0.2) is 18.2 Å². The number of aryl methyl sites for hydroxylation is 1. The van der Waals surface area contributed by atoms with E-state index in [0.717, 1.165) is 5.56 Å². The minimum absolute atomic E-state index is 0.124. The van der Waals surface area contributed by atoms with E-state index in [-0.39, 0.29) is 5.78 Å². The van der Waals surface area contributed by atoms with E-state index in [1.807, 2.05) is 19.1 Å². The average Bonchev–Trinajstić information content (AvgIpc) is 2.10. The van der Waals surface area contributed by atoms with Crippen LogP contribution >= 0.6 is 27.5 Å². The molecule has 0 amide bonds. The summed E-state index contributed by atoms with van der Waals surface area (Å²) in [4.78, 5) is 11.4. The summed E-state index contributed by atoms with van der Waals surface area (Å²) in [6.45, 7) is 1.92. The van der Waals surface area contributed by atoms with Gasteiger partial charge in [0.25, 0.3) is 0 Å². The van der Waals surface area contributed by atoms with Crippen LogP contribution in [0.3, 0.4) is 0 Å². The second-order valence-corrected chi connectivity index (χ2v) is 4.03. The Morgan fingerprint density at radius 2 is 2.23 bits per heavy atom. The van der Waals surface area contributed by atoms with Crippen molar-refractivity contribution in [3.8, 4) is 0 Å². The largest absolute Gasteiger partial charge is 0.294 e. The molecule has 70 valence electrons. The topological polar surface area (TPSA) is 17.1 Å². The summed E-state index contributed by atoms with van der Waals surface area (Å²) in [6, 6.07) is 5.40. The van der Waals surface area contributed by atoms with Crippen LogP contribution in [0.1, 0.15) is 22.3 Å². The molecule has 0 unspecified atom stereocenters. The molecule has 0 atom stereocenters. The van der Waals surface area contributed by atoms with Crippen molar-refractivity contribution in [3.63, 3.8) is 0 Å². The van der Waals surface area contributed by atoms with Gasteiger partial charge in [-0.25, -0.2) is 0 Å². The van der Waals surface area contributed by atoms with Crippen LogP contribution in [0.25, 0.3) is 0 Å². The molecule has 1 rings (SSSR count). The molecule has 1 aromatic rings. The third-order valence-corrected chi connectivity index (χ3v) is 2.62. The summed E-state index contributed by atoms with van der Waals surface area (Å²) in [7, 11) is 0. The Kier molecular flexibility index (Phi) is 3.94. The lowest BCUT2D eigenvalue weighted by Crippen LogP contribution is -1.99. The molecule has 0 saturated heterocycles. The fourth-order valence-electron chi connectivity index (χ4n) is 0.996. The molecule has 0 N–H and O–H groups in total. The van der Waals surface area contributed by atoms with Gasteiger partial charge in [0.05, 0.1) is 0 Å². The summed E-state index contributed by atoms with van der Waals surface area (Å²) < 4.78 is 0. The number of halogens is 2. The number of carbonyl (C=O) groups excluding carboxylic acids is 1. The van der Waals surface area contributed by atoms with Crippen LogP contribution in [0.2, 0.25) is 5.02 Å². The predicted molar refractivity (Wildman–Crippen MR) is 58.9 cm³/mol. The van der Waals surface area contributed by atoms with Gasteiger partial charge < -0.3 is 0 Å². The zero-order valence-corrected chi connectivity index (χ0v) is 9.65. The number of rotatable bonds is 3. The Morgan fingerprint density at radius 3 is 2.77 bits per heavy atom. The lowest BCUT2D eigenvalue weighted by Gasteiger charge is -2.01. The Labute approximate surface area is 91.2 Å². The van der Waals surface area contributed by atoms with Gasteiger partial charge in [0, 0.05) is 22.3 Å². The van der Waals surface area contributed by atoms with E-state index >= 15 is 0 Å². The van der Waals surface area contributed by atoms with Gasteiger partial charge in [0.1, 0.15) is 0 Å². The summed E-state index contributed by atoms with van der Waals surface area (Å²) in [5.41, 5.74) is 1.69. The molecular weight excluding hydrogens is 251 g/mol. The maximum Gasteiger partial charge on any atom is 0.163 e. The third-order valence-electron chi connectivity index (χ3n) is 1.82. The molecule has 13 heavy (non-hydrogen) atoms. The Hall–Kier alpha value is -0.340. The molecule has 0 aliphatic carbocycles. The summed E-state index contributed by atoms with van der Waals surface area (Å²) in [5, 5.41) is 1.34. The van der Waals surface area contributed by atoms with Gasteiger partial charge in [0.2, 0.25) is 0 Å². The fraction of sp³-hybridized carbons (Fsp3) is 0.300. The number of benzene rings is 1. The summed E-state index contributed by atoms with van der Waals surface area (Å²) in [5.74, 6) is 0.124. The third kappa shape index (κ3) is 2.82. The SMILES string of the molecule is Cc1ccc(C(=O)CCBr)cc1Cl. The lowest BCUT2D eigenvalue weighted by molar-refractivity contribution is 0.0990. The quantitative estimate of drug-likeness (QED) is 0.600. The van der Waals surface area contributed by atoms with Crippen molar-refractivity contribution in [1.82, 2.24) is 0 Å². The van der Waals surface area contributed by atoms with Gasteiger partial charge in [-0.2, -0.15) is 0 Å². The molecule has 0 aliphatic rings. The van der Waals surface area contributed by atoms with Crippen molar-refractivity contribution in [2.75, 3.05) is 5.33 Å². The molecule has 0 fully saturated rings. The number of alkyl halides is 1. The van der Waals surface area contributed by atoms with Crippen molar-refractivity contribution in [2.24, 2.45) is 0 Å². The number of ketones is 1. The van der Waals surface area contributed by atoms with Gasteiger partial charge in [-0.1, -0.05) is 39.7 Å². The Bertz CT molecular complexity index is 323. The van der Waals surface area contributed by atoms with Crippen LogP contribution in [-0.4, -0.2) is 11.1 Å². The minimum Gasteiger partial charge on any atom is -0.294 e. The van der Waals surface area contributed by atoms with Crippen molar-refractivity contribution in [3.05, 3.63) is 34.3 Å². The normalized spacial score (nSPS) is 10.1. The van der Waals surface area contributed by atoms with Gasteiger partial charge in [0.15, 0.2) is 5.78 Å². The van der Waals surface area contributed by atoms with Crippen molar-refractivity contribution in [2.45, 2.75) is 13.3 Å². The molecular formula is C10H10BrClO. The predicted octanol–water partition coefficient (Wildman–Crippen LogP) is 3.62. The number of hydrogen-bond donors (Lipinski definition) is 0. The molecule has 0 radical (unpaired) electrons. The second-order valence-electron chi connectivity index (χ2n) is 2.83. The number of Topliss-reactive ketones (excluding diaryl/α,β-unsaturated/α-hetero) is 1. The molecule has 1 aromatic carbocycles. The van der Waals surface area contributed by atoms with Crippen LogP contribution in [0.5, 0.6) is 0 Å². The van der Waals surface area contributed by atoms with Crippen LogP contribution < -0.4 is 0 Å². The summed E-state index contributed by atoms with van der Waals surface area (Å²) >= 11 is 9.12. The Morgan fingerprint density at radius 1 is 1.54 bits per heavy atom.